The summed E-state index contributed by atoms with van der Waals surface area (Å²) >= 11 is 1.27. The van der Waals surface area contributed by atoms with Crippen LogP contribution in [0.25, 0.3) is 22.4 Å². The van der Waals surface area contributed by atoms with Crippen LogP contribution in [0.15, 0.2) is 83.9 Å². The number of benzene rings is 3. The number of hydrogen-bond acceptors (Lipinski definition) is 5. The quantitative estimate of drug-likeness (QED) is 0.270. The Morgan fingerprint density at radius 2 is 1.78 bits per heavy atom. The summed E-state index contributed by atoms with van der Waals surface area (Å²) in [6, 6.07) is 27.7. The number of ether oxygens (including phenoxy) is 1. The zero-order chi connectivity index (χ0) is 25.5. The van der Waals surface area contributed by atoms with E-state index >= 15 is 0 Å². The highest BCUT2D eigenvalue weighted by molar-refractivity contribution is 8.00. The van der Waals surface area contributed by atoms with Crippen molar-refractivity contribution in [1.82, 2.24) is 4.98 Å². The molecule has 6 heteroatoms. The van der Waals surface area contributed by atoms with Gasteiger partial charge in [0, 0.05) is 16.8 Å². The van der Waals surface area contributed by atoms with Crippen molar-refractivity contribution in [3.05, 3.63) is 95.6 Å². The first kappa shape index (κ1) is 25.0. The maximum Gasteiger partial charge on any atom is 0.234 e. The van der Waals surface area contributed by atoms with E-state index in [1.54, 1.807) is 7.11 Å². The van der Waals surface area contributed by atoms with Gasteiger partial charge in [0.25, 0.3) is 0 Å². The molecule has 36 heavy (non-hydrogen) atoms. The first-order valence-corrected chi connectivity index (χ1v) is 12.7. The van der Waals surface area contributed by atoms with Crippen LogP contribution < -0.4 is 10.1 Å². The molecule has 1 heterocycles. The van der Waals surface area contributed by atoms with Gasteiger partial charge in [-0.3, -0.25) is 4.79 Å². The molecule has 0 aliphatic heterocycles. The van der Waals surface area contributed by atoms with Crippen molar-refractivity contribution in [3.8, 4) is 34.2 Å². The second kappa shape index (κ2) is 11.6. The fourth-order valence-electron chi connectivity index (χ4n) is 4.00. The second-order valence-electron chi connectivity index (χ2n) is 8.24. The third-order valence-corrected chi connectivity index (χ3v) is 6.89. The maximum atomic E-state index is 12.9. The molecule has 0 saturated heterocycles. The first-order valence-electron chi connectivity index (χ1n) is 11.7. The molecule has 0 saturated carbocycles. The van der Waals surface area contributed by atoms with Gasteiger partial charge in [0.2, 0.25) is 5.91 Å². The highest BCUT2D eigenvalue weighted by Gasteiger charge is 2.18. The van der Waals surface area contributed by atoms with Crippen LogP contribution in [0.5, 0.6) is 5.75 Å². The zero-order valence-corrected chi connectivity index (χ0v) is 21.4. The van der Waals surface area contributed by atoms with Gasteiger partial charge in [-0.2, -0.15) is 5.26 Å². The fraction of sp³-hybridized carbons (Fsp3) is 0.167. The lowest BCUT2D eigenvalue weighted by atomic mass is 9.99. The number of carbonyl (C=O) groups is 1. The van der Waals surface area contributed by atoms with Crippen molar-refractivity contribution in [3.63, 3.8) is 0 Å². The van der Waals surface area contributed by atoms with E-state index in [9.17, 15) is 10.1 Å². The number of hydrogen-bond donors (Lipinski definition) is 1. The molecular weight excluding hydrogens is 466 g/mol. The highest BCUT2D eigenvalue weighted by Crippen LogP contribution is 2.35. The summed E-state index contributed by atoms with van der Waals surface area (Å²) in [5, 5.41) is 13.7. The third kappa shape index (κ3) is 5.59. The summed E-state index contributed by atoms with van der Waals surface area (Å²) in [5.41, 5.74) is 6.76. The number of carbonyl (C=O) groups excluding carboxylic acids is 1. The molecule has 5 nitrogen and oxygen atoms in total. The van der Waals surface area contributed by atoms with Gasteiger partial charge >= 0.3 is 0 Å². The van der Waals surface area contributed by atoms with Crippen molar-refractivity contribution in [2.75, 3.05) is 18.2 Å². The molecule has 0 unspecified atom stereocenters. The molecule has 1 aromatic heterocycles. The van der Waals surface area contributed by atoms with E-state index in [0.717, 1.165) is 51.4 Å². The lowest BCUT2D eigenvalue weighted by molar-refractivity contribution is -0.113. The number of amides is 1. The van der Waals surface area contributed by atoms with Crippen LogP contribution in [0.4, 0.5) is 5.69 Å². The van der Waals surface area contributed by atoms with Crippen LogP contribution in [0.3, 0.4) is 0 Å². The zero-order valence-electron chi connectivity index (χ0n) is 20.5. The highest BCUT2D eigenvalue weighted by atomic mass is 32.2. The summed E-state index contributed by atoms with van der Waals surface area (Å²) in [6.07, 6.45) is 0.828. The third-order valence-electron chi connectivity index (χ3n) is 5.91. The molecule has 0 radical (unpaired) electrons. The number of aryl methyl sites for hydroxylation is 2. The Hall–Kier alpha value is -4.08. The molecule has 0 spiro atoms. The number of methoxy groups -OCH3 is 1. The van der Waals surface area contributed by atoms with Gasteiger partial charge in [-0.15, -0.1) is 0 Å². The van der Waals surface area contributed by atoms with E-state index in [4.69, 9.17) is 9.72 Å². The molecule has 0 fully saturated rings. The molecule has 0 atom stereocenters. The molecular formula is C30H27N3O2S. The SMILES string of the molecule is CCc1cccc(C)c1NC(=O)CSc1nc(-c2ccccc2)cc(-c2ccc(OC)cc2)c1C#N. The van der Waals surface area contributed by atoms with Crippen LogP contribution in [0, 0.1) is 18.3 Å². The van der Waals surface area contributed by atoms with Crippen molar-refractivity contribution >= 4 is 23.4 Å². The van der Waals surface area contributed by atoms with Gasteiger partial charge in [0.1, 0.15) is 16.8 Å². The van der Waals surface area contributed by atoms with Gasteiger partial charge in [0.05, 0.1) is 24.1 Å². The minimum Gasteiger partial charge on any atom is -0.497 e. The Kier molecular flexibility index (Phi) is 8.04. The Balaban J connectivity index is 1.69. The lowest BCUT2D eigenvalue weighted by Gasteiger charge is -2.14. The van der Waals surface area contributed by atoms with Crippen LogP contribution in [0.2, 0.25) is 0 Å². The standard InChI is InChI=1S/C30H27N3O2S/c1-4-21-12-8-9-20(2)29(21)33-28(34)19-36-30-26(18-31)25(22-13-15-24(35-3)16-14-22)17-27(32-30)23-10-6-5-7-11-23/h5-17H,4,19H2,1-3H3,(H,33,34). The maximum absolute atomic E-state index is 12.9. The number of thioether (sulfide) groups is 1. The number of pyridine rings is 1. The van der Waals surface area contributed by atoms with E-state index in [0.29, 0.717) is 10.6 Å². The summed E-state index contributed by atoms with van der Waals surface area (Å²) in [4.78, 5) is 17.7. The Labute approximate surface area is 216 Å². The molecule has 0 aliphatic rings. The van der Waals surface area contributed by atoms with Crippen molar-refractivity contribution in [2.45, 2.75) is 25.3 Å². The lowest BCUT2D eigenvalue weighted by Crippen LogP contribution is -2.16. The predicted octanol–water partition coefficient (Wildman–Crippen LogP) is 6.90. The summed E-state index contributed by atoms with van der Waals surface area (Å²) in [5.74, 6) is 0.744. The Bertz CT molecular complexity index is 1410. The number of para-hydroxylation sites is 1. The molecule has 0 bridgehead atoms. The number of anilines is 1. The number of aromatic nitrogens is 1. The second-order valence-corrected chi connectivity index (χ2v) is 9.21. The van der Waals surface area contributed by atoms with E-state index in [-0.39, 0.29) is 11.7 Å². The molecule has 1 amide bonds. The largest absolute Gasteiger partial charge is 0.497 e. The van der Waals surface area contributed by atoms with E-state index < -0.39 is 0 Å². The molecule has 0 aliphatic carbocycles. The predicted molar refractivity (Wildman–Crippen MR) is 146 cm³/mol. The van der Waals surface area contributed by atoms with Crippen LogP contribution in [-0.2, 0) is 11.2 Å². The van der Waals surface area contributed by atoms with Gasteiger partial charge in [-0.25, -0.2) is 4.98 Å². The van der Waals surface area contributed by atoms with Crippen LogP contribution in [0.1, 0.15) is 23.6 Å². The normalized spacial score (nSPS) is 10.5. The fourth-order valence-corrected chi connectivity index (χ4v) is 4.80. The van der Waals surface area contributed by atoms with Crippen molar-refractivity contribution in [2.24, 2.45) is 0 Å². The molecule has 180 valence electrons. The Morgan fingerprint density at radius 3 is 2.44 bits per heavy atom. The van der Waals surface area contributed by atoms with Gasteiger partial charge < -0.3 is 10.1 Å². The van der Waals surface area contributed by atoms with Crippen molar-refractivity contribution in [1.29, 1.82) is 5.26 Å². The van der Waals surface area contributed by atoms with E-state index in [2.05, 4.69) is 18.3 Å². The topological polar surface area (TPSA) is 75.0 Å². The monoisotopic (exact) mass is 493 g/mol. The smallest absolute Gasteiger partial charge is 0.234 e. The molecule has 1 N–H and O–H groups in total. The number of rotatable bonds is 8. The summed E-state index contributed by atoms with van der Waals surface area (Å²) < 4.78 is 5.29. The molecule has 4 rings (SSSR count). The first-order chi connectivity index (χ1) is 17.5. The average molecular weight is 494 g/mol. The summed E-state index contributed by atoms with van der Waals surface area (Å²) in [6.45, 7) is 4.06. The van der Waals surface area contributed by atoms with Crippen LogP contribution in [-0.4, -0.2) is 23.8 Å². The minimum atomic E-state index is -0.134. The number of nitrogens with zero attached hydrogens (tertiary/aromatic N) is 2. The van der Waals surface area contributed by atoms with Crippen molar-refractivity contribution < 1.29 is 9.53 Å². The van der Waals surface area contributed by atoms with Gasteiger partial charge in [-0.1, -0.05) is 79.3 Å². The van der Waals surface area contributed by atoms with Gasteiger partial charge in [0.15, 0.2) is 0 Å². The Morgan fingerprint density at radius 1 is 1.03 bits per heavy atom. The van der Waals surface area contributed by atoms with E-state index in [1.807, 2.05) is 85.8 Å². The summed E-state index contributed by atoms with van der Waals surface area (Å²) in [7, 11) is 1.62. The number of nitriles is 1. The van der Waals surface area contributed by atoms with E-state index in [1.165, 1.54) is 11.8 Å². The molecule has 4 aromatic rings. The van der Waals surface area contributed by atoms with Crippen LogP contribution >= 0.6 is 11.8 Å². The minimum absolute atomic E-state index is 0.134. The molecule has 3 aromatic carbocycles. The average Bonchev–Trinajstić information content (AvgIpc) is 2.93. The van der Waals surface area contributed by atoms with Gasteiger partial charge in [-0.05, 0) is 48.2 Å². The number of nitrogens with one attached hydrogen (secondary N) is 1.